The Bertz CT molecular complexity index is 1320. The van der Waals surface area contributed by atoms with E-state index in [9.17, 15) is 4.39 Å². The maximum Gasteiger partial charge on any atom is 0.178 e. The molecule has 1 fully saturated rings. The molecule has 2 aromatic carbocycles. The molecule has 3 heterocycles. The second kappa shape index (κ2) is 10.6. The van der Waals surface area contributed by atoms with Crippen molar-refractivity contribution in [1.82, 2.24) is 14.9 Å². The number of hydrogen-bond acceptors (Lipinski definition) is 5. The number of ether oxygens (including phenoxy) is 1. The van der Waals surface area contributed by atoms with Gasteiger partial charge in [0, 0.05) is 18.0 Å². The van der Waals surface area contributed by atoms with Crippen molar-refractivity contribution in [2.75, 3.05) is 25.0 Å². The van der Waals surface area contributed by atoms with Gasteiger partial charge in [0.05, 0.1) is 17.9 Å². The highest BCUT2D eigenvalue weighted by Gasteiger charge is 2.34. The maximum absolute atomic E-state index is 15.2. The molecule has 0 bridgehead atoms. The van der Waals surface area contributed by atoms with Crippen LogP contribution in [0.4, 0.5) is 18.9 Å². The Hall–Kier alpha value is -3.13. The zero-order chi connectivity index (χ0) is 27.1. The smallest absolute Gasteiger partial charge is 0.178 e. The summed E-state index contributed by atoms with van der Waals surface area (Å²) in [5, 5.41) is 0. The van der Waals surface area contributed by atoms with Crippen LogP contribution in [0.25, 0.3) is 11.3 Å². The SMILES string of the molecule is CC1Oc2c(F)cc(-c3nc(Cc4ccc(C5CCN(C)CC5)c(F)c4)ncc3F)cc2N(C(C)C)C1C. The number of fused-ring (bicyclic) bond motifs is 1. The van der Waals surface area contributed by atoms with Crippen LogP contribution < -0.4 is 9.64 Å². The summed E-state index contributed by atoms with van der Waals surface area (Å²) in [4.78, 5) is 12.9. The normalized spacial score (nSPS) is 20.5. The molecule has 3 aromatic rings. The van der Waals surface area contributed by atoms with E-state index in [0.29, 0.717) is 22.6 Å². The van der Waals surface area contributed by atoms with Gasteiger partial charge in [-0.3, -0.25) is 0 Å². The van der Waals surface area contributed by atoms with Crippen LogP contribution in [0.1, 0.15) is 63.4 Å². The number of anilines is 1. The van der Waals surface area contributed by atoms with Crippen LogP contribution in [0.2, 0.25) is 0 Å². The molecular weight excluding hydrogens is 489 g/mol. The number of rotatable bonds is 5. The number of nitrogens with zero attached hydrogens (tertiary/aromatic N) is 4. The van der Waals surface area contributed by atoms with E-state index in [1.807, 2.05) is 39.8 Å². The molecule has 0 amide bonds. The van der Waals surface area contributed by atoms with Crippen molar-refractivity contribution in [3.63, 3.8) is 0 Å². The maximum atomic E-state index is 15.2. The van der Waals surface area contributed by atoms with Crippen LogP contribution in [0.15, 0.2) is 36.5 Å². The minimum Gasteiger partial charge on any atom is -0.483 e. The molecule has 202 valence electrons. The number of likely N-dealkylation sites (tertiary alicyclic amines) is 1. The lowest BCUT2D eigenvalue weighted by atomic mass is 9.88. The van der Waals surface area contributed by atoms with Gasteiger partial charge < -0.3 is 14.5 Å². The quantitative estimate of drug-likeness (QED) is 0.389. The number of benzene rings is 2. The monoisotopic (exact) mass is 524 g/mol. The second-order valence-electron chi connectivity index (χ2n) is 11.0. The molecule has 1 saturated heterocycles. The molecule has 5 rings (SSSR count). The second-order valence-corrected chi connectivity index (χ2v) is 11.0. The summed E-state index contributed by atoms with van der Waals surface area (Å²) in [5.41, 5.74) is 2.34. The van der Waals surface area contributed by atoms with Crippen LogP contribution >= 0.6 is 0 Å². The van der Waals surface area contributed by atoms with Crippen molar-refractivity contribution in [3.05, 3.63) is 70.9 Å². The lowest BCUT2D eigenvalue weighted by Gasteiger charge is -2.43. The van der Waals surface area contributed by atoms with Crippen molar-refractivity contribution in [3.8, 4) is 17.0 Å². The summed E-state index contributed by atoms with van der Waals surface area (Å²) in [5.74, 6) is -0.715. The Morgan fingerprint density at radius 2 is 1.74 bits per heavy atom. The first-order valence-electron chi connectivity index (χ1n) is 13.4. The third-order valence-corrected chi connectivity index (χ3v) is 7.93. The predicted molar refractivity (Wildman–Crippen MR) is 143 cm³/mol. The summed E-state index contributed by atoms with van der Waals surface area (Å²) >= 11 is 0. The van der Waals surface area contributed by atoms with E-state index in [2.05, 4.69) is 26.8 Å². The first kappa shape index (κ1) is 26.5. The minimum absolute atomic E-state index is 0.00935. The fourth-order valence-corrected chi connectivity index (χ4v) is 5.71. The molecule has 38 heavy (non-hydrogen) atoms. The fourth-order valence-electron chi connectivity index (χ4n) is 5.71. The molecule has 2 unspecified atom stereocenters. The average molecular weight is 525 g/mol. The third-order valence-electron chi connectivity index (χ3n) is 7.93. The van der Waals surface area contributed by atoms with Crippen LogP contribution in [0, 0.1) is 17.5 Å². The molecule has 2 aliphatic rings. The molecule has 5 nitrogen and oxygen atoms in total. The molecular formula is C30H35F3N4O. The van der Waals surface area contributed by atoms with Crippen molar-refractivity contribution in [1.29, 1.82) is 0 Å². The van der Waals surface area contributed by atoms with E-state index < -0.39 is 11.6 Å². The standard InChI is InChI=1S/C30H35F3N4O/c1-17(2)37-18(3)19(4)38-30-25(32)14-22(15-27(30)37)29-26(33)16-34-28(35-29)13-20-6-7-23(24(31)12-20)21-8-10-36(5)11-9-21/h6-7,12,14-19,21H,8-11,13H2,1-5H3. The summed E-state index contributed by atoms with van der Waals surface area (Å²) in [6.07, 6.45) is 3.01. The van der Waals surface area contributed by atoms with Crippen LogP contribution in [-0.4, -0.2) is 53.2 Å². The van der Waals surface area contributed by atoms with Gasteiger partial charge in [-0.25, -0.2) is 23.1 Å². The van der Waals surface area contributed by atoms with E-state index >= 15 is 8.78 Å². The van der Waals surface area contributed by atoms with Gasteiger partial charge in [0.1, 0.15) is 23.4 Å². The van der Waals surface area contributed by atoms with Gasteiger partial charge in [-0.1, -0.05) is 12.1 Å². The van der Waals surface area contributed by atoms with Gasteiger partial charge in [0.2, 0.25) is 0 Å². The largest absolute Gasteiger partial charge is 0.483 e. The predicted octanol–water partition coefficient (Wildman–Crippen LogP) is 6.35. The Morgan fingerprint density at radius 3 is 2.42 bits per heavy atom. The van der Waals surface area contributed by atoms with Crippen LogP contribution in [0.3, 0.4) is 0 Å². The van der Waals surface area contributed by atoms with Crippen molar-refractivity contribution in [2.24, 2.45) is 0 Å². The van der Waals surface area contributed by atoms with E-state index in [-0.39, 0.29) is 47.8 Å². The van der Waals surface area contributed by atoms with Crippen molar-refractivity contribution < 1.29 is 17.9 Å². The van der Waals surface area contributed by atoms with Crippen LogP contribution in [0.5, 0.6) is 5.75 Å². The highest BCUT2D eigenvalue weighted by Crippen LogP contribution is 2.42. The van der Waals surface area contributed by atoms with Crippen molar-refractivity contribution in [2.45, 2.75) is 71.1 Å². The first-order valence-corrected chi connectivity index (χ1v) is 13.4. The first-order chi connectivity index (χ1) is 18.1. The van der Waals surface area contributed by atoms with E-state index in [1.165, 1.54) is 12.1 Å². The zero-order valence-electron chi connectivity index (χ0n) is 22.6. The Kier molecular flexibility index (Phi) is 7.36. The molecule has 0 N–H and O–H groups in total. The number of aromatic nitrogens is 2. The third kappa shape index (κ3) is 5.10. The van der Waals surface area contributed by atoms with Gasteiger partial charge in [-0.2, -0.15) is 0 Å². The molecule has 0 saturated carbocycles. The van der Waals surface area contributed by atoms with Crippen LogP contribution in [-0.2, 0) is 6.42 Å². The Balaban J connectivity index is 1.44. The van der Waals surface area contributed by atoms with Gasteiger partial charge in [0.25, 0.3) is 0 Å². The summed E-state index contributed by atoms with van der Waals surface area (Å²) in [6.45, 7) is 9.92. The highest BCUT2D eigenvalue weighted by atomic mass is 19.1. The number of halogens is 3. The minimum atomic E-state index is -0.647. The zero-order valence-corrected chi connectivity index (χ0v) is 22.6. The summed E-state index contributed by atoms with van der Waals surface area (Å²) in [7, 11) is 2.08. The molecule has 2 atom stereocenters. The van der Waals surface area contributed by atoms with Gasteiger partial charge >= 0.3 is 0 Å². The summed E-state index contributed by atoms with van der Waals surface area (Å²) in [6, 6.07) is 8.35. The van der Waals surface area contributed by atoms with Gasteiger partial charge in [0.15, 0.2) is 17.4 Å². The van der Waals surface area contributed by atoms with E-state index in [0.717, 1.165) is 37.7 Å². The molecule has 0 spiro atoms. The fraction of sp³-hybridized carbons (Fsp3) is 0.467. The lowest BCUT2D eigenvalue weighted by molar-refractivity contribution is 0.164. The molecule has 0 aliphatic carbocycles. The molecule has 8 heteroatoms. The average Bonchev–Trinajstić information content (AvgIpc) is 2.87. The molecule has 0 radical (unpaired) electrons. The van der Waals surface area contributed by atoms with E-state index in [4.69, 9.17) is 4.74 Å². The molecule has 1 aromatic heterocycles. The summed E-state index contributed by atoms with van der Waals surface area (Å²) < 4.78 is 51.1. The Labute approximate surface area is 222 Å². The van der Waals surface area contributed by atoms with Gasteiger partial charge in [-0.15, -0.1) is 0 Å². The topological polar surface area (TPSA) is 41.5 Å². The van der Waals surface area contributed by atoms with Gasteiger partial charge in [-0.05, 0) is 95.9 Å². The Morgan fingerprint density at radius 1 is 1.00 bits per heavy atom. The number of piperidine rings is 1. The molecule has 2 aliphatic heterocycles. The van der Waals surface area contributed by atoms with E-state index in [1.54, 1.807) is 6.07 Å². The lowest BCUT2D eigenvalue weighted by Crippen LogP contribution is -2.50. The number of hydrogen-bond donors (Lipinski definition) is 0. The van der Waals surface area contributed by atoms with Crippen molar-refractivity contribution >= 4 is 5.69 Å². The highest BCUT2D eigenvalue weighted by molar-refractivity contribution is 5.73.